The van der Waals surface area contributed by atoms with E-state index in [1.807, 2.05) is 42.5 Å². The van der Waals surface area contributed by atoms with Crippen LogP contribution in [0.4, 0.5) is 5.69 Å². The maximum Gasteiger partial charge on any atom is 0.265 e. The lowest BCUT2D eigenvalue weighted by Gasteiger charge is -2.16. The van der Waals surface area contributed by atoms with Crippen molar-refractivity contribution in [2.24, 2.45) is 0 Å². The molecule has 22 heavy (non-hydrogen) atoms. The summed E-state index contributed by atoms with van der Waals surface area (Å²) in [6, 6.07) is 16.5. The van der Waals surface area contributed by atoms with Crippen LogP contribution < -0.4 is 14.8 Å². The normalized spacial score (nSPS) is 11.3. The summed E-state index contributed by atoms with van der Waals surface area (Å²) in [6.45, 7) is 5.69. The van der Waals surface area contributed by atoms with Gasteiger partial charge < -0.3 is 14.8 Å². The number of carbonyl (C=O) groups is 1. The summed E-state index contributed by atoms with van der Waals surface area (Å²) in [5.74, 6) is 1.02. The fraction of sp³-hybridized carbons (Fsp3) is 0.167. The molecule has 0 spiro atoms. The average molecular weight is 297 g/mol. The standard InChI is InChI=1S/C18H19NO3/c1-3-13-21-17-12-8-7-11-16(17)19-18(20)14(2)22-15-9-5-4-6-10-15/h3-12,14H,1,13H2,2H3,(H,19,20). The van der Waals surface area contributed by atoms with Gasteiger partial charge >= 0.3 is 0 Å². The van der Waals surface area contributed by atoms with E-state index >= 15 is 0 Å². The predicted octanol–water partition coefficient (Wildman–Crippen LogP) is 3.66. The van der Waals surface area contributed by atoms with Gasteiger partial charge in [0.2, 0.25) is 0 Å². The lowest BCUT2D eigenvalue weighted by Crippen LogP contribution is -2.30. The number of ether oxygens (including phenoxy) is 2. The second-order valence-corrected chi connectivity index (χ2v) is 4.66. The smallest absolute Gasteiger partial charge is 0.265 e. The Hall–Kier alpha value is -2.75. The van der Waals surface area contributed by atoms with Gasteiger partial charge in [0.15, 0.2) is 6.10 Å². The van der Waals surface area contributed by atoms with Crippen LogP contribution >= 0.6 is 0 Å². The summed E-state index contributed by atoms with van der Waals surface area (Å²) in [5.41, 5.74) is 0.609. The van der Waals surface area contributed by atoms with Gasteiger partial charge in [0.25, 0.3) is 5.91 Å². The van der Waals surface area contributed by atoms with Crippen molar-refractivity contribution in [3.8, 4) is 11.5 Å². The first-order valence-electron chi connectivity index (χ1n) is 7.06. The van der Waals surface area contributed by atoms with Crippen LogP contribution in [0, 0.1) is 0 Å². The van der Waals surface area contributed by atoms with Gasteiger partial charge in [0.05, 0.1) is 5.69 Å². The van der Waals surface area contributed by atoms with E-state index in [9.17, 15) is 4.79 Å². The highest BCUT2D eigenvalue weighted by molar-refractivity contribution is 5.95. The Labute approximate surface area is 130 Å². The second kappa shape index (κ2) is 7.88. The van der Waals surface area contributed by atoms with Crippen LogP contribution in [-0.2, 0) is 4.79 Å². The van der Waals surface area contributed by atoms with Gasteiger partial charge in [-0.3, -0.25) is 4.79 Å². The Morgan fingerprint density at radius 3 is 2.59 bits per heavy atom. The Bertz CT molecular complexity index is 625. The van der Waals surface area contributed by atoms with E-state index in [4.69, 9.17) is 9.47 Å². The first-order valence-corrected chi connectivity index (χ1v) is 7.06. The van der Waals surface area contributed by atoms with Crippen molar-refractivity contribution >= 4 is 11.6 Å². The lowest BCUT2D eigenvalue weighted by molar-refractivity contribution is -0.122. The van der Waals surface area contributed by atoms with Crippen LogP contribution in [0.3, 0.4) is 0 Å². The largest absolute Gasteiger partial charge is 0.487 e. The quantitative estimate of drug-likeness (QED) is 0.793. The molecule has 1 unspecified atom stereocenters. The van der Waals surface area contributed by atoms with E-state index in [1.54, 1.807) is 25.1 Å². The van der Waals surface area contributed by atoms with Gasteiger partial charge in [-0.1, -0.05) is 43.0 Å². The van der Waals surface area contributed by atoms with Crippen molar-refractivity contribution in [3.63, 3.8) is 0 Å². The van der Waals surface area contributed by atoms with Crippen molar-refractivity contribution in [2.45, 2.75) is 13.0 Å². The fourth-order valence-corrected chi connectivity index (χ4v) is 1.84. The van der Waals surface area contributed by atoms with E-state index in [-0.39, 0.29) is 5.91 Å². The maximum atomic E-state index is 12.2. The molecular formula is C18H19NO3. The summed E-state index contributed by atoms with van der Waals surface area (Å²) in [7, 11) is 0. The number of benzene rings is 2. The molecule has 1 amide bonds. The van der Waals surface area contributed by atoms with Crippen LogP contribution in [-0.4, -0.2) is 18.6 Å². The van der Waals surface area contributed by atoms with E-state index in [2.05, 4.69) is 11.9 Å². The average Bonchev–Trinajstić information content (AvgIpc) is 2.55. The van der Waals surface area contributed by atoms with Crippen molar-refractivity contribution < 1.29 is 14.3 Å². The highest BCUT2D eigenvalue weighted by Crippen LogP contribution is 2.24. The first-order chi connectivity index (χ1) is 10.7. The first kappa shape index (κ1) is 15.6. The summed E-state index contributed by atoms with van der Waals surface area (Å²) in [4.78, 5) is 12.2. The number of para-hydroxylation sites is 3. The highest BCUT2D eigenvalue weighted by Gasteiger charge is 2.16. The van der Waals surface area contributed by atoms with Crippen LogP contribution in [0.2, 0.25) is 0 Å². The van der Waals surface area contributed by atoms with Gasteiger partial charge in [-0.15, -0.1) is 0 Å². The molecule has 0 fully saturated rings. The number of nitrogens with one attached hydrogen (secondary N) is 1. The Balaban J connectivity index is 2.00. The third-order valence-corrected chi connectivity index (χ3v) is 2.93. The summed E-state index contributed by atoms with van der Waals surface area (Å²) in [6.07, 6.45) is 1.04. The SMILES string of the molecule is C=CCOc1ccccc1NC(=O)C(C)Oc1ccccc1. The third kappa shape index (κ3) is 4.38. The molecule has 0 saturated carbocycles. The van der Waals surface area contributed by atoms with Crippen LogP contribution in [0.5, 0.6) is 11.5 Å². The number of carbonyl (C=O) groups excluding carboxylic acids is 1. The van der Waals surface area contributed by atoms with Crippen LogP contribution in [0.25, 0.3) is 0 Å². The molecule has 4 nitrogen and oxygen atoms in total. The topological polar surface area (TPSA) is 47.6 Å². The van der Waals surface area contributed by atoms with E-state index in [0.29, 0.717) is 23.8 Å². The molecule has 2 aromatic carbocycles. The molecular weight excluding hydrogens is 278 g/mol. The number of hydrogen-bond donors (Lipinski definition) is 1. The molecule has 2 aromatic rings. The number of amides is 1. The number of anilines is 1. The molecule has 0 bridgehead atoms. The van der Waals surface area contributed by atoms with E-state index in [1.165, 1.54) is 0 Å². The van der Waals surface area contributed by atoms with Gasteiger partial charge in [0.1, 0.15) is 18.1 Å². The van der Waals surface area contributed by atoms with Crippen molar-refractivity contribution in [2.75, 3.05) is 11.9 Å². The highest BCUT2D eigenvalue weighted by atomic mass is 16.5. The zero-order chi connectivity index (χ0) is 15.8. The van der Waals surface area contributed by atoms with Crippen molar-refractivity contribution in [1.29, 1.82) is 0 Å². The Morgan fingerprint density at radius 1 is 1.18 bits per heavy atom. The Morgan fingerprint density at radius 2 is 1.86 bits per heavy atom. The minimum atomic E-state index is -0.616. The fourth-order valence-electron chi connectivity index (χ4n) is 1.84. The number of rotatable bonds is 7. The second-order valence-electron chi connectivity index (χ2n) is 4.66. The zero-order valence-corrected chi connectivity index (χ0v) is 12.5. The minimum Gasteiger partial charge on any atom is -0.487 e. The molecule has 0 aliphatic heterocycles. The van der Waals surface area contributed by atoms with Crippen LogP contribution in [0.15, 0.2) is 67.3 Å². The molecule has 0 aromatic heterocycles. The minimum absolute atomic E-state index is 0.237. The molecule has 1 N–H and O–H groups in total. The van der Waals surface area contributed by atoms with Gasteiger partial charge in [-0.25, -0.2) is 0 Å². The molecule has 0 aliphatic carbocycles. The molecule has 0 saturated heterocycles. The van der Waals surface area contributed by atoms with Crippen LogP contribution in [0.1, 0.15) is 6.92 Å². The maximum absolute atomic E-state index is 12.2. The predicted molar refractivity (Wildman–Crippen MR) is 87.3 cm³/mol. The van der Waals surface area contributed by atoms with Crippen molar-refractivity contribution in [3.05, 3.63) is 67.3 Å². The van der Waals surface area contributed by atoms with Gasteiger partial charge in [-0.2, -0.15) is 0 Å². The van der Waals surface area contributed by atoms with Gasteiger partial charge in [0, 0.05) is 0 Å². The van der Waals surface area contributed by atoms with E-state index < -0.39 is 6.10 Å². The number of hydrogen-bond acceptors (Lipinski definition) is 3. The lowest BCUT2D eigenvalue weighted by atomic mass is 10.2. The molecule has 4 heteroatoms. The Kier molecular flexibility index (Phi) is 5.60. The molecule has 2 rings (SSSR count). The third-order valence-electron chi connectivity index (χ3n) is 2.93. The molecule has 114 valence electrons. The summed E-state index contributed by atoms with van der Waals surface area (Å²) in [5, 5.41) is 2.82. The molecule has 0 aliphatic rings. The van der Waals surface area contributed by atoms with E-state index in [0.717, 1.165) is 0 Å². The summed E-state index contributed by atoms with van der Waals surface area (Å²) >= 11 is 0. The molecule has 0 radical (unpaired) electrons. The zero-order valence-electron chi connectivity index (χ0n) is 12.5. The summed E-state index contributed by atoms with van der Waals surface area (Å²) < 4.78 is 11.1. The molecule has 0 heterocycles. The van der Waals surface area contributed by atoms with Crippen molar-refractivity contribution in [1.82, 2.24) is 0 Å². The molecule has 1 atom stereocenters. The van der Waals surface area contributed by atoms with Gasteiger partial charge in [-0.05, 0) is 31.2 Å². The monoisotopic (exact) mass is 297 g/mol.